The van der Waals surface area contributed by atoms with Crippen molar-refractivity contribution in [2.45, 2.75) is 45.6 Å². The van der Waals surface area contributed by atoms with E-state index in [2.05, 4.69) is 0 Å². The summed E-state index contributed by atoms with van der Waals surface area (Å²) in [5.41, 5.74) is 1.46. The van der Waals surface area contributed by atoms with Crippen molar-refractivity contribution >= 4 is 5.97 Å². The van der Waals surface area contributed by atoms with E-state index in [1.807, 2.05) is 6.92 Å². The van der Waals surface area contributed by atoms with Crippen LogP contribution in [-0.2, 0) is 23.7 Å². The minimum absolute atomic E-state index is 0.0130. The standard InChI is InChI=1S/C19H28O9/c1-10-8-27-19(28-18(25-5-4-20)11(2)15(24)7-21)17-13(9-26-12(3)22)6-14(23)16(10)17/h4-6,8,11,14-21,23-24H,7,9H2,1-3H3/b5-4-/t11?,14-,15?,16-,17+,18?,19-/m0/s1. The lowest BCUT2D eigenvalue weighted by atomic mass is 9.83. The maximum atomic E-state index is 11.2. The molecule has 0 aromatic heterocycles. The second-order valence-electron chi connectivity index (χ2n) is 6.97. The molecule has 28 heavy (non-hydrogen) atoms. The van der Waals surface area contributed by atoms with Crippen LogP contribution < -0.4 is 0 Å². The first kappa shape index (κ1) is 22.2. The van der Waals surface area contributed by atoms with E-state index in [9.17, 15) is 20.1 Å². The van der Waals surface area contributed by atoms with Crippen molar-refractivity contribution in [1.82, 2.24) is 0 Å². The minimum atomic E-state index is -1.13. The summed E-state index contributed by atoms with van der Waals surface area (Å²) in [4.78, 5) is 11.2. The second kappa shape index (κ2) is 9.92. The number of hydrogen-bond acceptors (Lipinski definition) is 9. The van der Waals surface area contributed by atoms with Gasteiger partial charge in [0.05, 0.1) is 31.0 Å². The molecule has 9 nitrogen and oxygen atoms in total. The normalized spacial score (nSPS) is 29.9. The van der Waals surface area contributed by atoms with Crippen LogP contribution in [0.15, 0.2) is 36.0 Å². The van der Waals surface area contributed by atoms with Crippen molar-refractivity contribution in [1.29, 1.82) is 0 Å². The van der Waals surface area contributed by atoms with Gasteiger partial charge in [0, 0.05) is 18.8 Å². The second-order valence-corrected chi connectivity index (χ2v) is 6.97. The molecule has 2 aliphatic rings. The van der Waals surface area contributed by atoms with Crippen molar-refractivity contribution in [3.8, 4) is 0 Å². The van der Waals surface area contributed by atoms with E-state index in [1.54, 1.807) is 13.0 Å². The van der Waals surface area contributed by atoms with Gasteiger partial charge in [-0.25, -0.2) is 0 Å². The molecule has 0 spiro atoms. The van der Waals surface area contributed by atoms with Crippen LogP contribution in [0.4, 0.5) is 0 Å². The van der Waals surface area contributed by atoms with Crippen LogP contribution in [-0.4, -0.2) is 64.4 Å². The molecule has 4 N–H and O–H groups in total. The molecule has 9 heteroatoms. The molecule has 0 radical (unpaired) electrons. The molecule has 0 saturated carbocycles. The first-order valence-corrected chi connectivity index (χ1v) is 9.03. The lowest BCUT2D eigenvalue weighted by Gasteiger charge is -2.38. The van der Waals surface area contributed by atoms with Crippen LogP contribution in [0.5, 0.6) is 0 Å². The predicted molar refractivity (Wildman–Crippen MR) is 96.3 cm³/mol. The Bertz CT molecular complexity index is 627. The summed E-state index contributed by atoms with van der Waals surface area (Å²) in [5.74, 6) is -1.88. The zero-order valence-corrected chi connectivity index (χ0v) is 16.1. The zero-order valence-electron chi connectivity index (χ0n) is 16.1. The molecule has 0 bridgehead atoms. The van der Waals surface area contributed by atoms with Crippen molar-refractivity contribution in [2.24, 2.45) is 17.8 Å². The van der Waals surface area contributed by atoms with Gasteiger partial charge in [-0.3, -0.25) is 4.79 Å². The fourth-order valence-electron chi connectivity index (χ4n) is 3.43. The number of ether oxygens (including phenoxy) is 4. The van der Waals surface area contributed by atoms with Gasteiger partial charge < -0.3 is 39.4 Å². The molecule has 0 fully saturated rings. The summed E-state index contributed by atoms with van der Waals surface area (Å²) < 4.78 is 22.0. The summed E-state index contributed by atoms with van der Waals surface area (Å²) in [6.45, 7) is 4.21. The number of fused-ring (bicyclic) bond motifs is 1. The molecule has 0 aromatic carbocycles. The maximum Gasteiger partial charge on any atom is 0.302 e. The van der Waals surface area contributed by atoms with Crippen molar-refractivity contribution in [2.75, 3.05) is 13.2 Å². The number of hydrogen-bond donors (Lipinski definition) is 4. The van der Waals surface area contributed by atoms with Gasteiger partial charge in [0.2, 0.25) is 12.6 Å². The van der Waals surface area contributed by atoms with Gasteiger partial charge in [-0.05, 0) is 18.1 Å². The molecule has 2 rings (SSSR count). The Morgan fingerprint density at radius 2 is 2.11 bits per heavy atom. The molecule has 158 valence electrons. The number of rotatable bonds is 9. The SMILES string of the molecule is CC(=O)OCC1=C[C@H](O)[C@@H]2C(C)=CO[C@@H](OC(O/C=C\O)C(C)C(O)CO)[C@H]12. The molecule has 1 aliphatic carbocycles. The first-order valence-electron chi connectivity index (χ1n) is 9.03. The minimum Gasteiger partial charge on any atom is -0.512 e. The fourth-order valence-corrected chi connectivity index (χ4v) is 3.43. The molecule has 7 atom stereocenters. The molecule has 3 unspecified atom stereocenters. The quantitative estimate of drug-likeness (QED) is 0.191. The predicted octanol–water partition coefficient (Wildman–Crippen LogP) is 0.721. The average molecular weight is 400 g/mol. The number of carbonyl (C=O) groups is 1. The van der Waals surface area contributed by atoms with Crippen LogP contribution in [0.3, 0.4) is 0 Å². The van der Waals surface area contributed by atoms with E-state index >= 15 is 0 Å². The van der Waals surface area contributed by atoms with Gasteiger partial charge in [-0.15, -0.1) is 0 Å². The third-order valence-corrected chi connectivity index (χ3v) is 4.98. The molecular weight excluding hydrogens is 372 g/mol. The number of aliphatic hydroxyl groups is 4. The highest BCUT2D eigenvalue weighted by atomic mass is 16.8. The van der Waals surface area contributed by atoms with Gasteiger partial charge in [0.15, 0.2) is 0 Å². The Hall–Kier alpha value is -2.07. The largest absolute Gasteiger partial charge is 0.512 e. The number of aliphatic hydroxyl groups excluding tert-OH is 4. The summed E-state index contributed by atoms with van der Waals surface area (Å²) in [6, 6.07) is 0. The van der Waals surface area contributed by atoms with E-state index in [-0.39, 0.29) is 12.5 Å². The van der Waals surface area contributed by atoms with Crippen molar-refractivity contribution in [3.05, 3.63) is 36.0 Å². The summed E-state index contributed by atoms with van der Waals surface area (Å²) in [5, 5.41) is 38.5. The van der Waals surface area contributed by atoms with Gasteiger partial charge in [-0.2, -0.15) is 0 Å². The summed E-state index contributed by atoms with van der Waals surface area (Å²) in [7, 11) is 0. The van der Waals surface area contributed by atoms with Gasteiger partial charge in [-0.1, -0.05) is 13.0 Å². The Morgan fingerprint density at radius 3 is 2.71 bits per heavy atom. The molecular formula is C19H28O9. The highest BCUT2D eigenvalue weighted by molar-refractivity contribution is 5.66. The lowest BCUT2D eigenvalue weighted by molar-refractivity contribution is -0.262. The van der Waals surface area contributed by atoms with Crippen LogP contribution in [0.1, 0.15) is 20.8 Å². The fraction of sp³-hybridized carbons (Fsp3) is 0.632. The average Bonchev–Trinajstić information content (AvgIpc) is 3.01. The van der Waals surface area contributed by atoms with Gasteiger partial charge in [0.25, 0.3) is 0 Å². The molecule has 0 aromatic rings. The Kier molecular flexibility index (Phi) is 7.88. The topological polar surface area (TPSA) is 135 Å². The van der Waals surface area contributed by atoms with Crippen LogP contribution in [0.2, 0.25) is 0 Å². The molecule has 0 amide bonds. The van der Waals surface area contributed by atoms with E-state index in [1.165, 1.54) is 13.2 Å². The third kappa shape index (κ3) is 5.05. The first-order chi connectivity index (χ1) is 13.3. The van der Waals surface area contributed by atoms with Crippen molar-refractivity contribution in [3.63, 3.8) is 0 Å². The maximum absolute atomic E-state index is 11.2. The zero-order chi connectivity index (χ0) is 20.8. The van der Waals surface area contributed by atoms with Crippen LogP contribution in [0.25, 0.3) is 0 Å². The molecule has 1 aliphatic heterocycles. The number of carbonyl (C=O) groups excluding carboxylic acids is 1. The highest BCUT2D eigenvalue weighted by Crippen LogP contribution is 2.44. The van der Waals surface area contributed by atoms with E-state index in [4.69, 9.17) is 24.1 Å². The Labute approximate surface area is 163 Å². The summed E-state index contributed by atoms with van der Waals surface area (Å²) >= 11 is 0. The van der Waals surface area contributed by atoms with E-state index in [0.29, 0.717) is 11.8 Å². The monoisotopic (exact) mass is 400 g/mol. The highest BCUT2D eigenvalue weighted by Gasteiger charge is 2.47. The molecule has 0 saturated heterocycles. The smallest absolute Gasteiger partial charge is 0.302 e. The van der Waals surface area contributed by atoms with E-state index in [0.717, 1.165) is 11.8 Å². The number of esters is 1. The van der Waals surface area contributed by atoms with Gasteiger partial charge in [0.1, 0.15) is 19.1 Å². The lowest BCUT2D eigenvalue weighted by Crippen LogP contribution is -2.44. The van der Waals surface area contributed by atoms with E-state index < -0.39 is 49.2 Å². The van der Waals surface area contributed by atoms with Gasteiger partial charge >= 0.3 is 5.97 Å². The van der Waals surface area contributed by atoms with Crippen LogP contribution in [0, 0.1) is 17.8 Å². The Morgan fingerprint density at radius 1 is 1.39 bits per heavy atom. The van der Waals surface area contributed by atoms with Crippen molar-refractivity contribution < 1.29 is 44.2 Å². The Balaban J connectivity index is 2.23. The third-order valence-electron chi connectivity index (χ3n) is 4.98. The van der Waals surface area contributed by atoms with Crippen LogP contribution >= 0.6 is 0 Å². The summed E-state index contributed by atoms with van der Waals surface area (Å²) in [6.07, 6.45) is 0.895. The molecule has 1 heterocycles.